The van der Waals surface area contributed by atoms with Crippen molar-refractivity contribution in [2.75, 3.05) is 50.7 Å². The van der Waals surface area contributed by atoms with Crippen molar-refractivity contribution < 1.29 is 18.7 Å². The van der Waals surface area contributed by atoms with Gasteiger partial charge >= 0.3 is 0 Å². The molecule has 45 heavy (non-hydrogen) atoms. The second-order valence-corrected chi connectivity index (χ2v) is 12.3. The number of amides is 1. The van der Waals surface area contributed by atoms with Gasteiger partial charge in [-0.05, 0) is 50.5 Å². The first-order chi connectivity index (χ1) is 21.9. The molecule has 0 spiro atoms. The molecule has 6 rings (SSSR count). The van der Waals surface area contributed by atoms with E-state index < -0.39 is 5.82 Å². The van der Waals surface area contributed by atoms with Crippen molar-refractivity contribution in [3.63, 3.8) is 0 Å². The summed E-state index contributed by atoms with van der Waals surface area (Å²) in [5, 5.41) is 3.37. The lowest BCUT2D eigenvalue weighted by Crippen LogP contribution is -2.49. The highest BCUT2D eigenvalue weighted by Crippen LogP contribution is 2.35. The second-order valence-electron chi connectivity index (χ2n) is 12.3. The minimum absolute atomic E-state index is 0.0132. The molecule has 0 aliphatic carbocycles. The van der Waals surface area contributed by atoms with Gasteiger partial charge in [-0.15, -0.1) is 0 Å². The Kier molecular flexibility index (Phi) is 9.75. The molecule has 0 saturated carbocycles. The number of nitrogens with zero attached hydrogens (tertiary/aromatic N) is 6. The molecule has 1 amide bonds. The lowest BCUT2D eigenvalue weighted by atomic mass is 9.99. The van der Waals surface area contributed by atoms with Crippen LogP contribution in [0.25, 0.3) is 0 Å². The Morgan fingerprint density at radius 3 is 2.67 bits per heavy atom. The Balaban J connectivity index is 1.13. The van der Waals surface area contributed by atoms with E-state index in [0.717, 1.165) is 88.9 Å². The minimum atomic E-state index is -0.489. The number of carbonyl (C=O) groups excluding carboxylic acids is 1. The van der Waals surface area contributed by atoms with Gasteiger partial charge in [0.05, 0.1) is 11.8 Å². The molecule has 240 valence electrons. The van der Waals surface area contributed by atoms with Gasteiger partial charge in [-0.1, -0.05) is 6.92 Å². The number of pyridine rings is 1. The second kappa shape index (κ2) is 14.1. The van der Waals surface area contributed by atoms with E-state index in [1.807, 2.05) is 33.0 Å². The van der Waals surface area contributed by atoms with Crippen molar-refractivity contribution >= 4 is 11.7 Å². The van der Waals surface area contributed by atoms with Gasteiger partial charge in [-0.2, -0.15) is 0 Å². The average molecular weight is 618 g/mol. The molecule has 1 unspecified atom stereocenters. The van der Waals surface area contributed by atoms with Crippen molar-refractivity contribution in [3.05, 3.63) is 65.6 Å². The molecule has 3 aliphatic heterocycles. The Bertz CT molecular complexity index is 1480. The molecular formula is C34H44FN7O3. The smallest absolute Gasteiger partial charge is 0.257 e. The Labute approximate surface area is 265 Å². The van der Waals surface area contributed by atoms with Gasteiger partial charge in [0.25, 0.3) is 5.91 Å². The summed E-state index contributed by atoms with van der Waals surface area (Å²) in [4.78, 5) is 33.3. The van der Waals surface area contributed by atoms with Crippen LogP contribution in [0.5, 0.6) is 17.2 Å². The summed E-state index contributed by atoms with van der Waals surface area (Å²) in [7, 11) is 0. The molecule has 3 aliphatic rings. The van der Waals surface area contributed by atoms with E-state index >= 15 is 0 Å². The largest absolute Gasteiger partial charge is 0.490 e. The molecule has 0 bridgehead atoms. The van der Waals surface area contributed by atoms with Crippen molar-refractivity contribution in [3.8, 4) is 17.2 Å². The summed E-state index contributed by atoms with van der Waals surface area (Å²) < 4.78 is 27.3. The number of hydrogen-bond donors (Lipinski definition) is 1. The molecule has 11 heteroatoms. The molecule has 5 heterocycles. The standard InChI is InChI=1S/C34H44FN7O3/c1-4-23(3)42(5-2)34(43)27-16-25(35)6-7-30(27)45-32-19-37-22-39-33(32)41-14-9-26(10-15-41)44-31-8-12-38-29-11-13-40(21-28(29)31)20-24-17-36-18-24/h6-8,12,16,19,22-24,26,36H,4-5,9-11,13-15,17-18,20-21H2,1-3H3. The highest BCUT2D eigenvalue weighted by molar-refractivity contribution is 5.97. The van der Waals surface area contributed by atoms with Gasteiger partial charge in [0.1, 0.15) is 29.7 Å². The maximum Gasteiger partial charge on any atom is 0.257 e. The fourth-order valence-electron chi connectivity index (χ4n) is 6.47. The number of hydrogen-bond acceptors (Lipinski definition) is 9. The molecule has 10 nitrogen and oxygen atoms in total. The van der Waals surface area contributed by atoms with E-state index in [1.54, 1.807) is 11.1 Å². The van der Waals surface area contributed by atoms with Gasteiger partial charge < -0.3 is 24.6 Å². The summed E-state index contributed by atoms with van der Waals surface area (Å²) in [5.74, 6) is 2.28. The third-order valence-corrected chi connectivity index (χ3v) is 9.34. The fraction of sp³-hybridized carbons (Fsp3) is 0.529. The van der Waals surface area contributed by atoms with Crippen molar-refractivity contribution in [2.24, 2.45) is 5.92 Å². The Hall–Kier alpha value is -3.83. The van der Waals surface area contributed by atoms with Crippen LogP contribution >= 0.6 is 0 Å². The minimum Gasteiger partial charge on any atom is -0.490 e. The Morgan fingerprint density at radius 1 is 1.11 bits per heavy atom. The normalized spacial score (nSPS) is 18.2. The molecule has 0 radical (unpaired) electrons. The van der Waals surface area contributed by atoms with Crippen molar-refractivity contribution in [1.82, 2.24) is 30.1 Å². The number of nitrogens with one attached hydrogen (secondary N) is 1. The first-order valence-corrected chi connectivity index (χ1v) is 16.3. The molecule has 1 N–H and O–H groups in total. The van der Waals surface area contributed by atoms with E-state index in [9.17, 15) is 9.18 Å². The number of halogens is 1. The molecule has 1 atom stereocenters. The average Bonchev–Trinajstić information content (AvgIpc) is 3.04. The third kappa shape index (κ3) is 7.04. The van der Waals surface area contributed by atoms with Crippen LogP contribution in [-0.2, 0) is 13.0 Å². The number of carbonyl (C=O) groups is 1. The first-order valence-electron chi connectivity index (χ1n) is 16.3. The van der Waals surface area contributed by atoms with Crippen LogP contribution < -0.4 is 19.7 Å². The number of ether oxygens (including phenoxy) is 2. The quantitative estimate of drug-likeness (QED) is 0.329. The maximum atomic E-state index is 14.4. The van der Waals surface area contributed by atoms with E-state index in [1.165, 1.54) is 30.1 Å². The van der Waals surface area contributed by atoms with Gasteiger partial charge in [0, 0.05) is 95.1 Å². The predicted octanol–water partition coefficient (Wildman–Crippen LogP) is 4.69. The molecular weight excluding hydrogens is 573 g/mol. The zero-order valence-corrected chi connectivity index (χ0v) is 26.5. The predicted molar refractivity (Wildman–Crippen MR) is 170 cm³/mol. The highest BCUT2D eigenvalue weighted by Gasteiger charge is 2.29. The first kappa shape index (κ1) is 31.2. The zero-order valence-electron chi connectivity index (χ0n) is 26.5. The van der Waals surface area contributed by atoms with Crippen LogP contribution in [0.15, 0.2) is 43.0 Å². The molecule has 2 aromatic heterocycles. The summed E-state index contributed by atoms with van der Waals surface area (Å²) in [6.45, 7) is 13.2. The number of benzene rings is 1. The number of anilines is 1. The Morgan fingerprint density at radius 2 is 1.93 bits per heavy atom. The monoisotopic (exact) mass is 617 g/mol. The van der Waals surface area contributed by atoms with Crippen molar-refractivity contribution in [2.45, 2.75) is 65.1 Å². The van der Waals surface area contributed by atoms with Gasteiger partial charge in [0.15, 0.2) is 11.6 Å². The van der Waals surface area contributed by atoms with Crippen LogP contribution in [0.4, 0.5) is 10.2 Å². The summed E-state index contributed by atoms with van der Waals surface area (Å²) in [6, 6.07) is 6.08. The zero-order chi connectivity index (χ0) is 31.3. The summed E-state index contributed by atoms with van der Waals surface area (Å²) >= 11 is 0. The van der Waals surface area contributed by atoms with Crippen molar-refractivity contribution in [1.29, 1.82) is 0 Å². The number of fused-ring (bicyclic) bond motifs is 1. The molecule has 3 aromatic rings. The lowest BCUT2D eigenvalue weighted by molar-refractivity contribution is 0.0696. The molecule has 2 saturated heterocycles. The topological polar surface area (TPSA) is 96.0 Å². The SMILES string of the molecule is CCC(C)N(CC)C(=O)c1cc(F)ccc1Oc1cncnc1N1CCC(Oc2ccnc3c2CN(CC2CNC2)CC3)CC1. The number of rotatable bonds is 11. The van der Waals surface area contributed by atoms with Crippen LogP contribution in [0.3, 0.4) is 0 Å². The van der Waals surface area contributed by atoms with Gasteiger partial charge in [-0.3, -0.25) is 14.7 Å². The molecule has 2 fully saturated rings. The van der Waals surface area contributed by atoms with Crippen LogP contribution in [0.1, 0.15) is 61.6 Å². The van der Waals surface area contributed by atoms with Gasteiger partial charge in [-0.25, -0.2) is 14.4 Å². The van der Waals surface area contributed by atoms with Gasteiger partial charge in [0.2, 0.25) is 0 Å². The van der Waals surface area contributed by atoms with E-state index in [-0.39, 0.29) is 29.4 Å². The lowest BCUT2D eigenvalue weighted by Gasteiger charge is -2.37. The van der Waals surface area contributed by atoms with E-state index in [4.69, 9.17) is 9.47 Å². The van der Waals surface area contributed by atoms with Crippen LogP contribution in [-0.4, -0.2) is 88.6 Å². The summed E-state index contributed by atoms with van der Waals surface area (Å²) in [6.07, 6.45) is 8.43. The number of piperidine rings is 1. The number of aromatic nitrogens is 3. The van der Waals surface area contributed by atoms with E-state index in [2.05, 4.69) is 30.1 Å². The molecule has 1 aromatic carbocycles. The third-order valence-electron chi connectivity index (χ3n) is 9.34. The summed E-state index contributed by atoms with van der Waals surface area (Å²) in [5.41, 5.74) is 2.56. The fourth-order valence-corrected chi connectivity index (χ4v) is 6.47. The van der Waals surface area contributed by atoms with Crippen LogP contribution in [0.2, 0.25) is 0 Å². The maximum absolute atomic E-state index is 14.4. The van der Waals surface area contributed by atoms with E-state index in [0.29, 0.717) is 18.1 Å². The highest BCUT2D eigenvalue weighted by atomic mass is 19.1. The van der Waals surface area contributed by atoms with Crippen LogP contribution in [0, 0.1) is 11.7 Å².